The predicted octanol–water partition coefficient (Wildman–Crippen LogP) is 3.05. The molecule has 0 saturated carbocycles. The zero-order valence-electron chi connectivity index (χ0n) is 15.1. The summed E-state index contributed by atoms with van der Waals surface area (Å²) >= 11 is 1.36. The van der Waals surface area contributed by atoms with Crippen LogP contribution in [0.4, 0.5) is 4.39 Å². The van der Waals surface area contributed by atoms with Crippen LogP contribution in [0.5, 0.6) is 5.88 Å². The molecule has 0 bridgehead atoms. The maximum Gasteiger partial charge on any atom is 0.235 e. The van der Waals surface area contributed by atoms with Crippen molar-refractivity contribution < 1.29 is 18.8 Å². The molecular weight excluding hydrogens is 379 g/mol. The van der Waals surface area contributed by atoms with E-state index in [1.807, 2.05) is 12.1 Å². The smallest absolute Gasteiger partial charge is 0.235 e. The molecular formula is C20H20FN4O2S+. The van der Waals surface area contributed by atoms with Gasteiger partial charge in [-0.3, -0.25) is 0 Å². The summed E-state index contributed by atoms with van der Waals surface area (Å²) in [6, 6.07) is 10.1. The first-order valence-corrected chi connectivity index (χ1v) is 10.3. The second kappa shape index (κ2) is 7.03. The van der Waals surface area contributed by atoms with Crippen molar-refractivity contribution in [1.29, 1.82) is 0 Å². The quantitative estimate of drug-likeness (QED) is 0.554. The van der Waals surface area contributed by atoms with E-state index < -0.39 is 0 Å². The van der Waals surface area contributed by atoms with Crippen LogP contribution in [0, 0.1) is 5.82 Å². The van der Waals surface area contributed by atoms with Gasteiger partial charge in [-0.25, -0.2) is 4.39 Å². The number of aromatic nitrogens is 3. The summed E-state index contributed by atoms with van der Waals surface area (Å²) < 4.78 is 21.5. The van der Waals surface area contributed by atoms with Crippen LogP contribution in [0.3, 0.4) is 0 Å². The van der Waals surface area contributed by atoms with E-state index >= 15 is 0 Å². The van der Waals surface area contributed by atoms with E-state index in [2.05, 4.69) is 10.1 Å². The summed E-state index contributed by atoms with van der Waals surface area (Å²) in [6.07, 6.45) is 4.96. The van der Waals surface area contributed by atoms with Gasteiger partial charge in [0.05, 0.1) is 24.9 Å². The van der Waals surface area contributed by atoms with Gasteiger partial charge in [0.2, 0.25) is 16.7 Å². The van der Waals surface area contributed by atoms with Crippen molar-refractivity contribution in [2.75, 3.05) is 13.1 Å². The number of nitrogens with zero attached hydrogens (tertiary/aromatic N) is 3. The lowest BCUT2D eigenvalue weighted by atomic mass is 10.00. The van der Waals surface area contributed by atoms with Gasteiger partial charge in [0.25, 0.3) is 0 Å². The first-order valence-electron chi connectivity index (χ1n) is 9.43. The molecule has 28 heavy (non-hydrogen) atoms. The highest BCUT2D eigenvalue weighted by Gasteiger charge is 2.35. The Morgan fingerprint density at radius 2 is 1.96 bits per heavy atom. The standard InChI is InChI=1S/C20H19FN4O2S/c21-14-8-3-2-7-13(14)16(24-10-4-1-5-11-24)17-19(26)25-20(28-17)22-18(23-25)15-9-6-12-27-15/h2-3,6-9,12,16,26H,1,4-5,10-11H2/p+1/t16-/m1/s1. The summed E-state index contributed by atoms with van der Waals surface area (Å²) in [6.45, 7) is 1.90. The van der Waals surface area contributed by atoms with Gasteiger partial charge in [-0.2, -0.15) is 9.50 Å². The molecule has 4 aromatic rings. The van der Waals surface area contributed by atoms with Crippen LogP contribution in [0.1, 0.15) is 35.7 Å². The van der Waals surface area contributed by atoms with Gasteiger partial charge >= 0.3 is 0 Å². The fourth-order valence-corrected chi connectivity index (χ4v) is 5.13. The van der Waals surface area contributed by atoms with Crippen molar-refractivity contribution in [2.45, 2.75) is 25.3 Å². The lowest BCUT2D eigenvalue weighted by Gasteiger charge is -2.31. The molecule has 6 nitrogen and oxygen atoms in total. The van der Waals surface area contributed by atoms with E-state index in [1.54, 1.807) is 24.5 Å². The highest BCUT2D eigenvalue weighted by molar-refractivity contribution is 7.17. The maximum atomic E-state index is 14.7. The number of halogens is 1. The van der Waals surface area contributed by atoms with E-state index in [9.17, 15) is 9.50 Å². The molecule has 2 N–H and O–H groups in total. The van der Waals surface area contributed by atoms with Gasteiger partial charge in [0.15, 0.2) is 11.8 Å². The van der Waals surface area contributed by atoms with E-state index in [4.69, 9.17) is 4.42 Å². The number of fused-ring (bicyclic) bond motifs is 1. The molecule has 5 rings (SSSR count). The van der Waals surface area contributed by atoms with Gasteiger partial charge in [-0.1, -0.05) is 23.5 Å². The Morgan fingerprint density at radius 3 is 2.68 bits per heavy atom. The topological polar surface area (TPSA) is 68.0 Å². The number of hydrogen-bond acceptors (Lipinski definition) is 5. The Morgan fingerprint density at radius 1 is 1.14 bits per heavy atom. The van der Waals surface area contributed by atoms with Crippen LogP contribution in [0.25, 0.3) is 16.5 Å². The van der Waals surface area contributed by atoms with Gasteiger partial charge in [-0.15, -0.1) is 5.10 Å². The molecule has 1 fully saturated rings. The number of quaternary nitrogens is 1. The second-order valence-corrected chi connectivity index (χ2v) is 8.08. The number of hydrogen-bond donors (Lipinski definition) is 2. The van der Waals surface area contributed by atoms with Gasteiger partial charge in [-0.05, 0) is 43.5 Å². The molecule has 1 saturated heterocycles. The number of nitrogens with one attached hydrogen (secondary N) is 1. The molecule has 3 aromatic heterocycles. The third-order valence-electron chi connectivity index (χ3n) is 5.32. The van der Waals surface area contributed by atoms with Gasteiger partial charge in [0, 0.05) is 0 Å². The Bertz CT molecular complexity index is 1100. The second-order valence-electron chi connectivity index (χ2n) is 7.07. The van der Waals surface area contributed by atoms with Gasteiger partial charge in [0.1, 0.15) is 10.7 Å². The van der Waals surface area contributed by atoms with Gasteiger partial charge < -0.3 is 14.4 Å². The minimum atomic E-state index is -0.276. The average Bonchev–Trinajstić information content (AvgIpc) is 3.43. The van der Waals surface area contributed by atoms with Crippen LogP contribution >= 0.6 is 11.3 Å². The highest BCUT2D eigenvalue weighted by Crippen LogP contribution is 2.36. The number of benzene rings is 1. The summed E-state index contributed by atoms with van der Waals surface area (Å²) in [7, 11) is 0. The third-order valence-corrected chi connectivity index (χ3v) is 6.41. The number of likely N-dealkylation sites (tertiary alicyclic amines) is 1. The highest BCUT2D eigenvalue weighted by atomic mass is 32.1. The van der Waals surface area contributed by atoms with E-state index in [0.29, 0.717) is 27.0 Å². The van der Waals surface area contributed by atoms with E-state index in [1.165, 1.54) is 33.2 Å². The summed E-state index contributed by atoms with van der Waals surface area (Å²) in [5, 5.41) is 15.3. The summed E-state index contributed by atoms with van der Waals surface area (Å²) in [5.41, 5.74) is 0.602. The van der Waals surface area contributed by atoms with Crippen molar-refractivity contribution in [3.05, 3.63) is 58.9 Å². The van der Waals surface area contributed by atoms with Crippen LogP contribution in [-0.2, 0) is 0 Å². The molecule has 1 aliphatic rings. The number of thiazole rings is 1. The lowest BCUT2D eigenvalue weighted by Crippen LogP contribution is -3.13. The van der Waals surface area contributed by atoms with Crippen LogP contribution in [-0.4, -0.2) is 32.8 Å². The van der Waals surface area contributed by atoms with Crippen molar-refractivity contribution in [3.63, 3.8) is 0 Å². The molecule has 144 valence electrons. The van der Waals surface area contributed by atoms with Crippen molar-refractivity contribution in [3.8, 4) is 17.5 Å². The Balaban J connectivity index is 1.62. The average molecular weight is 399 g/mol. The number of aromatic hydroxyl groups is 1. The molecule has 1 aromatic carbocycles. The van der Waals surface area contributed by atoms with Crippen LogP contribution < -0.4 is 4.90 Å². The third kappa shape index (κ3) is 2.89. The van der Waals surface area contributed by atoms with Crippen LogP contribution in [0.2, 0.25) is 0 Å². The largest absolute Gasteiger partial charge is 0.492 e. The number of rotatable bonds is 4. The number of piperidine rings is 1. The first-order chi connectivity index (χ1) is 13.7. The molecule has 0 unspecified atom stereocenters. The Kier molecular flexibility index (Phi) is 4.37. The summed E-state index contributed by atoms with van der Waals surface area (Å²) in [4.78, 5) is 7.02. The van der Waals surface area contributed by atoms with Crippen molar-refractivity contribution >= 4 is 16.3 Å². The number of furan rings is 1. The van der Waals surface area contributed by atoms with Crippen molar-refractivity contribution in [1.82, 2.24) is 14.6 Å². The van der Waals surface area contributed by atoms with E-state index in [0.717, 1.165) is 25.9 Å². The minimum Gasteiger partial charge on any atom is -0.492 e. The predicted molar refractivity (Wildman–Crippen MR) is 103 cm³/mol. The molecule has 0 amide bonds. The molecule has 1 aliphatic heterocycles. The first kappa shape index (κ1) is 17.4. The monoisotopic (exact) mass is 399 g/mol. The maximum absolute atomic E-state index is 14.7. The summed E-state index contributed by atoms with van der Waals surface area (Å²) in [5.74, 6) is 0.743. The Hall–Kier alpha value is -2.71. The van der Waals surface area contributed by atoms with Crippen molar-refractivity contribution in [2.24, 2.45) is 0 Å². The Labute approximate surface area is 164 Å². The fourth-order valence-electron chi connectivity index (χ4n) is 4.00. The molecule has 0 radical (unpaired) electrons. The molecule has 0 aliphatic carbocycles. The lowest BCUT2D eigenvalue weighted by molar-refractivity contribution is -0.930. The molecule has 0 spiro atoms. The minimum absolute atomic E-state index is 0.0247. The molecule has 1 atom stereocenters. The fraction of sp³-hybridized carbons (Fsp3) is 0.300. The zero-order valence-corrected chi connectivity index (χ0v) is 16.0. The molecule has 4 heterocycles. The van der Waals surface area contributed by atoms with Crippen LogP contribution in [0.15, 0.2) is 47.1 Å². The zero-order chi connectivity index (χ0) is 19.1. The molecule has 8 heteroatoms. The SMILES string of the molecule is Oc1c([C@@H](c2ccccc2F)[NH+]2CCCCC2)sc2nc(-c3ccco3)nn12. The normalized spacial score (nSPS) is 16.6. The van der Waals surface area contributed by atoms with E-state index in [-0.39, 0.29) is 17.7 Å².